The Morgan fingerprint density at radius 2 is 2.10 bits per heavy atom. The molecule has 2 aromatic heterocycles. The molecule has 0 unspecified atom stereocenters. The molecule has 0 saturated carbocycles. The van der Waals surface area contributed by atoms with E-state index in [4.69, 9.17) is 9.40 Å². The Bertz CT molecular complexity index is 1120. The summed E-state index contributed by atoms with van der Waals surface area (Å²) in [5.74, 6) is 2.69. The zero-order valence-electron chi connectivity index (χ0n) is 17.6. The van der Waals surface area contributed by atoms with Crippen LogP contribution in [-0.4, -0.2) is 56.2 Å². The fourth-order valence-corrected chi connectivity index (χ4v) is 4.35. The smallest absolute Gasteiger partial charge is 0.254 e. The second-order valence-electron chi connectivity index (χ2n) is 8.62. The number of nitrogens with zero attached hydrogens (tertiary/aromatic N) is 5. The van der Waals surface area contributed by atoms with Crippen LogP contribution >= 0.6 is 0 Å². The molecule has 1 amide bonds. The summed E-state index contributed by atoms with van der Waals surface area (Å²) in [6.07, 6.45) is 1.14. The Kier molecular flexibility index (Phi) is 4.54. The van der Waals surface area contributed by atoms with Crippen LogP contribution < -0.4 is 4.90 Å². The molecule has 0 bridgehead atoms. The van der Waals surface area contributed by atoms with E-state index < -0.39 is 0 Å². The average Bonchev–Trinajstić information content (AvgIpc) is 3.43. The number of rotatable bonds is 3. The van der Waals surface area contributed by atoms with E-state index in [0.717, 1.165) is 47.3 Å². The van der Waals surface area contributed by atoms with Gasteiger partial charge >= 0.3 is 0 Å². The molecule has 4 heterocycles. The van der Waals surface area contributed by atoms with Gasteiger partial charge in [0.05, 0.1) is 23.7 Å². The van der Waals surface area contributed by atoms with Gasteiger partial charge in [0.2, 0.25) is 5.95 Å². The highest BCUT2D eigenvalue weighted by molar-refractivity contribution is 5.97. The molecular weight excluding hydrogens is 382 g/mol. The average molecular weight is 409 g/mol. The first kappa shape index (κ1) is 19.1. The number of aryl methyl sites for hydroxylation is 1. The molecule has 1 N–H and O–H groups in total. The van der Waals surface area contributed by atoms with Gasteiger partial charge in [-0.25, -0.2) is 9.97 Å². The first-order chi connectivity index (χ1) is 14.4. The number of amides is 1. The summed E-state index contributed by atoms with van der Waals surface area (Å²) >= 11 is 0. The van der Waals surface area contributed by atoms with Gasteiger partial charge < -0.3 is 23.9 Å². The molecule has 0 radical (unpaired) electrons. The predicted molar refractivity (Wildman–Crippen MR) is 113 cm³/mol. The van der Waals surface area contributed by atoms with Crippen LogP contribution in [0.15, 0.2) is 22.6 Å². The van der Waals surface area contributed by atoms with E-state index in [1.807, 2.05) is 34.7 Å². The first-order valence-corrected chi connectivity index (χ1v) is 10.6. The number of imidazole rings is 1. The molecule has 8 nitrogen and oxygen atoms in total. The minimum absolute atomic E-state index is 0.0135. The molecule has 2 aliphatic rings. The van der Waals surface area contributed by atoms with Gasteiger partial charge in [-0.15, -0.1) is 0 Å². The zero-order chi connectivity index (χ0) is 21.0. The zero-order valence-corrected chi connectivity index (χ0v) is 17.6. The highest BCUT2D eigenvalue weighted by atomic mass is 16.4. The number of hydrogen-bond acceptors (Lipinski definition) is 6. The van der Waals surface area contributed by atoms with Crippen molar-refractivity contribution in [2.75, 3.05) is 24.5 Å². The Morgan fingerprint density at radius 1 is 1.27 bits per heavy atom. The van der Waals surface area contributed by atoms with Crippen LogP contribution in [0.25, 0.3) is 11.0 Å². The van der Waals surface area contributed by atoms with E-state index in [0.29, 0.717) is 31.6 Å². The van der Waals surface area contributed by atoms with Crippen LogP contribution in [-0.2, 0) is 20.0 Å². The maximum Gasteiger partial charge on any atom is 0.254 e. The second-order valence-corrected chi connectivity index (χ2v) is 8.62. The van der Waals surface area contributed by atoms with Gasteiger partial charge in [0.25, 0.3) is 5.91 Å². The van der Waals surface area contributed by atoms with E-state index in [2.05, 4.69) is 23.7 Å². The lowest BCUT2D eigenvalue weighted by molar-refractivity contribution is 0.0728. The molecule has 5 rings (SSSR count). The van der Waals surface area contributed by atoms with Crippen molar-refractivity contribution in [1.29, 1.82) is 0 Å². The van der Waals surface area contributed by atoms with Gasteiger partial charge in [0.1, 0.15) is 11.5 Å². The quantitative estimate of drug-likeness (QED) is 0.715. The number of aliphatic hydroxyl groups excluding tert-OH is 1. The highest BCUT2D eigenvalue weighted by Crippen LogP contribution is 2.27. The molecular formula is C22H27N5O3. The third-order valence-electron chi connectivity index (χ3n) is 6.08. The van der Waals surface area contributed by atoms with Crippen LogP contribution in [0.4, 0.5) is 5.95 Å². The minimum atomic E-state index is -0.307. The number of aromatic nitrogens is 3. The summed E-state index contributed by atoms with van der Waals surface area (Å²) in [7, 11) is 1.97. The molecule has 2 aliphatic heterocycles. The normalized spacial score (nSPS) is 19.2. The number of β-amino-alcohol motifs (C(OH)–C–C–N with tert-alkyl or cyclic N) is 1. The summed E-state index contributed by atoms with van der Waals surface area (Å²) < 4.78 is 7.87. The number of hydrogen-bond donors (Lipinski definition) is 1. The van der Waals surface area contributed by atoms with Crippen molar-refractivity contribution in [3.63, 3.8) is 0 Å². The van der Waals surface area contributed by atoms with Crippen molar-refractivity contribution in [3.8, 4) is 0 Å². The molecule has 0 spiro atoms. The van der Waals surface area contributed by atoms with Crippen LogP contribution in [0, 0.1) is 0 Å². The lowest BCUT2D eigenvalue weighted by atomic mass is 10.1. The maximum atomic E-state index is 13.2. The molecule has 1 fully saturated rings. The van der Waals surface area contributed by atoms with Gasteiger partial charge in [0.15, 0.2) is 5.89 Å². The maximum absolute atomic E-state index is 13.2. The highest BCUT2D eigenvalue weighted by Gasteiger charge is 2.28. The monoisotopic (exact) mass is 409 g/mol. The summed E-state index contributed by atoms with van der Waals surface area (Å²) in [5.41, 5.74) is 3.26. The number of carbonyl (C=O) groups excluding carboxylic acids is 1. The van der Waals surface area contributed by atoms with E-state index in [9.17, 15) is 9.90 Å². The lowest BCUT2D eigenvalue weighted by Crippen LogP contribution is -2.35. The third-order valence-corrected chi connectivity index (χ3v) is 6.08. The Balaban J connectivity index is 1.40. The fraction of sp³-hybridized carbons (Fsp3) is 0.500. The lowest BCUT2D eigenvalue weighted by Gasteiger charge is -2.25. The number of anilines is 1. The van der Waals surface area contributed by atoms with E-state index >= 15 is 0 Å². The Labute approximate surface area is 175 Å². The largest absolute Gasteiger partial charge is 0.445 e. The molecule has 1 aromatic carbocycles. The summed E-state index contributed by atoms with van der Waals surface area (Å²) in [4.78, 5) is 26.4. The summed E-state index contributed by atoms with van der Waals surface area (Å²) in [5, 5.41) is 9.85. The molecule has 30 heavy (non-hydrogen) atoms. The van der Waals surface area contributed by atoms with E-state index in [-0.39, 0.29) is 17.9 Å². The van der Waals surface area contributed by atoms with Crippen molar-refractivity contribution in [2.24, 2.45) is 7.05 Å². The van der Waals surface area contributed by atoms with Crippen molar-refractivity contribution in [2.45, 2.75) is 45.3 Å². The molecule has 8 heteroatoms. The molecule has 1 atom stereocenters. The first-order valence-electron chi connectivity index (χ1n) is 10.6. The molecule has 1 saturated heterocycles. The van der Waals surface area contributed by atoms with Crippen LogP contribution in [0.3, 0.4) is 0 Å². The Hall–Kier alpha value is -2.87. The summed E-state index contributed by atoms with van der Waals surface area (Å²) in [6.45, 7) is 6.58. The van der Waals surface area contributed by atoms with Gasteiger partial charge in [-0.05, 0) is 24.6 Å². The van der Waals surface area contributed by atoms with Crippen molar-refractivity contribution >= 4 is 22.9 Å². The van der Waals surface area contributed by atoms with Gasteiger partial charge in [-0.3, -0.25) is 4.79 Å². The molecule has 158 valence electrons. The van der Waals surface area contributed by atoms with Gasteiger partial charge in [0, 0.05) is 44.6 Å². The van der Waals surface area contributed by atoms with Crippen LogP contribution in [0.1, 0.15) is 53.9 Å². The SMILES string of the molecule is CC(C)c1nc2c(o1)CCN(C(=O)c1ccc3c(c1)nc(N1CC[C@H](O)C1)n3C)C2. The number of fused-ring (bicyclic) bond motifs is 2. The summed E-state index contributed by atoms with van der Waals surface area (Å²) in [6, 6.07) is 5.69. The number of benzene rings is 1. The van der Waals surface area contributed by atoms with E-state index in [1.54, 1.807) is 0 Å². The molecule has 3 aromatic rings. The fourth-order valence-electron chi connectivity index (χ4n) is 4.35. The standard InChI is InChI=1S/C22H27N5O3/c1-13(2)20-23-17-12-26(9-7-19(17)30-20)21(29)14-4-5-18-16(10-14)24-22(25(18)3)27-8-6-15(28)11-27/h4-5,10,13,15,28H,6-9,11-12H2,1-3H3/t15-/m0/s1. The second kappa shape index (κ2) is 7.12. The van der Waals surface area contributed by atoms with Gasteiger partial charge in [-0.1, -0.05) is 13.8 Å². The van der Waals surface area contributed by atoms with Crippen LogP contribution in [0.2, 0.25) is 0 Å². The predicted octanol–water partition coefficient (Wildman–Crippen LogP) is 2.45. The van der Waals surface area contributed by atoms with Crippen molar-refractivity contribution < 1.29 is 14.3 Å². The Morgan fingerprint density at radius 3 is 2.83 bits per heavy atom. The van der Waals surface area contributed by atoms with Gasteiger partial charge in [-0.2, -0.15) is 0 Å². The topological polar surface area (TPSA) is 87.6 Å². The number of aliphatic hydroxyl groups is 1. The molecule has 0 aliphatic carbocycles. The van der Waals surface area contributed by atoms with Crippen molar-refractivity contribution in [3.05, 3.63) is 41.1 Å². The van der Waals surface area contributed by atoms with Crippen molar-refractivity contribution in [1.82, 2.24) is 19.4 Å². The van der Waals surface area contributed by atoms with E-state index in [1.165, 1.54) is 0 Å². The third kappa shape index (κ3) is 3.15. The number of oxazole rings is 1. The number of carbonyl (C=O) groups is 1. The minimum Gasteiger partial charge on any atom is -0.445 e. The van der Waals surface area contributed by atoms with Crippen LogP contribution in [0.5, 0.6) is 0 Å².